The Balaban J connectivity index is 1.97. The molecule has 2 rings (SSSR count). The fourth-order valence-corrected chi connectivity index (χ4v) is 1.66. The van der Waals surface area contributed by atoms with Crippen molar-refractivity contribution in [3.8, 4) is 0 Å². The predicted octanol–water partition coefficient (Wildman–Crippen LogP) is 2.46. The van der Waals surface area contributed by atoms with Gasteiger partial charge in [0.25, 0.3) is 0 Å². The number of imidazole rings is 1. The van der Waals surface area contributed by atoms with Gasteiger partial charge in [0, 0.05) is 18.8 Å². The quantitative estimate of drug-likeness (QED) is 0.786. The summed E-state index contributed by atoms with van der Waals surface area (Å²) in [6, 6.07) is 10.0. The summed E-state index contributed by atoms with van der Waals surface area (Å²) in [6.07, 6.45) is 4.65. The highest BCUT2D eigenvalue weighted by atomic mass is 16.2. The maximum absolute atomic E-state index is 11.8. The molecule has 1 aromatic carbocycles. The maximum atomic E-state index is 11.8. The standard InChI is InChI=1S/C13H14N2O/c1-11-14-9-10-15(11)13(16)8-7-12-5-3-2-4-6-12/h2-6,9-10H,7-8H2,1H3. The summed E-state index contributed by atoms with van der Waals surface area (Å²) in [5.41, 5.74) is 1.19. The van der Waals surface area contributed by atoms with Crippen molar-refractivity contribution in [2.75, 3.05) is 0 Å². The van der Waals surface area contributed by atoms with Gasteiger partial charge in [-0.05, 0) is 18.9 Å². The van der Waals surface area contributed by atoms with Gasteiger partial charge in [0.2, 0.25) is 5.91 Å². The summed E-state index contributed by atoms with van der Waals surface area (Å²) in [6.45, 7) is 1.83. The second-order valence-electron chi connectivity index (χ2n) is 3.72. The zero-order valence-electron chi connectivity index (χ0n) is 9.26. The van der Waals surface area contributed by atoms with Crippen LogP contribution in [0.5, 0.6) is 0 Å². The Labute approximate surface area is 94.7 Å². The molecule has 3 nitrogen and oxygen atoms in total. The maximum Gasteiger partial charge on any atom is 0.232 e. The smallest absolute Gasteiger partial charge is 0.232 e. The molecule has 0 unspecified atom stereocenters. The molecular weight excluding hydrogens is 200 g/mol. The Hall–Kier alpha value is -1.90. The summed E-state index contributed by atoms with van der Waals surface area (Å²) in [5, 5.41) is 0. The topological polar surface area (TPSA) is 34.9 Å². The Bertz CT molecular complexity index is 474. The molecule has 0 aliphatic carbocycles. The van der Waals surface area contributed by atoms with E-state index in [1.807, 2.05) is 37.3 Å². The first-order valence-electron chi connectivity index (χ1n) is 5.34. The molecule has 3 heteroatoms. The Morgan fingerprint density at radius 2 is 2.06 bits per heavy atom. The molecule has 0 bridgehead atoms. The van der Waals surface area contributed by atoms with E-state index in [4.69, 9.17) is 0 Å². The second kappa shape index (κ2) is 4.75. The third-order valence-electron chi connectivity index (χ3n) is 2.56. The summed E-state index contributed by atoms with van der Waals surface area (Å²) < 4.78 is 1.60. The summed E-state index contributed by atoms with van der Waals surface area (Å²) in [7, 11) is 0. The van der Waals surface area contributed by atoms with Crippen LogP contribution in [0.15, 0.2) is 42.7 Å². The van der Waals surface area contributed by atoms with Crippen molar-refractivity contribution in [3.05, 3.63) is 54.1 Å². The van der Waals surface area contributed by atoms with Gasteiger partial charge in [-0.1, -0.05) is 30.3 Å². The summed E-state index contributed by atoms with van der Waals surface area (Å²) >= 11 is 0. The van der Waals surface area contributed by atoms with Crippen LogP contribution in [-0.4, -0.2) is 15.5 Å². The molecule has 0 saturated heterocycles. The first kappa shape index (κ1) is 10.6. The lowest BCUT2D eigenvalue weighted by Gasteiger charge is -2.03. The molecule has 0 fully saturated rings. The van der Waals surface area contributed by atoms with Crippen molar-refractivity contribution in [1.82, 2.24) is 9.55 Å². The van der Waals surface area contributed by atoms with Crippen molar-refractivity contribution in [1.29, 1.82) is 0 Å². The molecule has 2 aromatic rings. The van der Waals surface area contributed by atoms with Gasteiger partial charge >= 0.3 is 0 Å². The van der Waals surface area contributed by atoms with Crippen molar-refractivity contribution in [2.45, 2.75) is 19.8 Å². The first-order chi connectivity index (χ1) is 7.77. The molecule has 0 amide bonds. The molecule has 0 atom stereocenters. The van der Waals surface area contributed by atoms with Gasteiger partial charge in [-0.25, -0.2) is 4.98 Å². The average Bonchev–Trinajstić information content (AvgIpc) is 2.74. The van der Waals surface area contributed by atoms with Gasteiger partial charge in [-0.15, -0.1) is 0 Å². The molecule has 1 aromatic heterocycles. The summed E-state index contributed by atoms with van der Waals surface area (Å²) in [5.74, 6) is 0.844. The lowest BCUT2D eigenvalue weighted by molar-refractivity contribution is 0.0900. The molecule has 0 N–H and O–H groups in total. The largest absolute Gasteiger partial charge is 0.274 e. The minimum absolute atomic E-state index is 0.0962. The number of hydrogen-bond acceptors (Lipinski definition) is 2. The molecule has 82 valence electrons. The molecule has 0 saturated carbocycles. The highest BCUT2D eigenvalue weighted by Gasteiger charge is 2.07. The molecular formula is C13H14N2O. The third-order valence-corrected chi connectivity index (χ3v) is 2.56. The molecule has 16 heavy (non-hydrogen) atoms. The Morgan fingerprint density at radius 3 is 2.69 bits per heavy atom. The molecule has 0 aliphatic heterocycles. The van der Waals surface area contributed by atoms with Gasteiger partial charge in [-0.2, -0.15) is 0 Å². The molecule has 0 aliphatic rings. The number of hydrogen-bond donors (Lipinski definition) is 0. The number of aromatic nitrogens is 2. The van der Waals surface area contributed by atoms with Gasteiger partial charge in [0.15, 0.2) is 0 Å². The van der Waals surface area contributed by atoms with Crippen molar-refractivity contribution >= 4 is 5.91 Å². The number of carbonyl (C=O) groups is 1. The Kier molecular flexibility index (Phi) is 3.15. The van der Waals surface area contributed by atoms with Crippen molar-refractivity contribution in [2.24, 2.45) is 0 Å². The van der Waals surface area contributed by atoms with E-state index in [2.05, 4.69) is 4.98 Å². The Morgan fingerprint density at radius 1 is 1.31 bits per heavy atom. The van der Waals surface area contributed by atoms with E-state index in [1.165, 1.54) is 5.56 Å². The van der Waals surface area contributed by atoms with Crippen molar-refractivity contribution < 1.29 is 4.79 Å². The minimum atomic E-state index is 0.0962. The third kappa shape index (κ3) is 2.37. The fraction of sp³-hybridized carbons (Fsp3) is 0.231. The van der Waals surface area contributed by atoms with E-state index in [0.717, 1.165) is 12.2 Å². The fourth-order valence-electron chi connectivity index (χ4n) is 1.66. The van der Waals surface area contributed by atoms with Gasteiger partial charge in [0.1, 0.15) is 5.82 Å². The lowest BCUT2D eigenvalue weighted by atomic mass is 10.1. The van der Waals surface area contributed by atoms with Crippen LogP contribution < -0.4 is 0 Å². The van der Waals surface area contributed by atoms with Crippen LogP contribution in [0.2, 0.25) is 0 Å². The van der Waals surface area contributed by atoms with Gasteiger partial charge < -0.3 is 0 Å². The van der Waals surface area contributed by atoms with E-state index in [-0.39, 0.29) is 5.91 Å². The SMILES string of the molecule is Cc1nccn1C(=O)CCc1ccccc1. The number of carbonyl (C=O) groups excluding carboxylic acids is 1. The van der Waals surface area contributed by atoms with Crippen LogP contribution in [0.4, 0.5) is 0 Å². The van der Waals surface area contributed by atoms with Gasteiger partial charge in [0.05, 0.1) is 0 Å². The van der Waals surface area contributed by atoms with Crippen LogP contribution in [0, 0.1) is 6.92 Å². The van der Waals surface area contributed by atoms with Crippen LogP contribution in [0.1, 0.15) is 22.6 Å². The summed E-state index contributed by atoms with van der Waals surface area (Å²) in [4.78, 5) is 15.9. The van der Waals surface area contributed by atoms with E-state index in [9.17, 15) is 4.79 Å². The highest BCUT2D eigenvalue weighted by Crippen LogP contribution is 2.05. The normalized spacial score (nSPS) is 10.3. The lowest BCUT2D eigenvalue weighted by Crippen LogP contribution is -2.12. The molecule has 0 spiro atoms. The van der Waals surface area contributed by atoms with Crippen LogP contribution in [0.3, 0.4) is 0 Å². The zero-order valence-corrected chi connectivity index (χ0v) is 9.26. The number of benzene rings is 1. The average molecular weight is 214 g/mol. The molecule has 0 radical (unpaired) electrons. The number of rotatable bonds is 3. The monoisotopic (exact) mass is 214 g/mol. The first-order valence-corrected chi connectivity index (χ1v) is 5.34. The van der Waals surface area contributed by atoms with E-state index in [0.29, 0.717) is 6.42 Å². The van der Waals surface area contributed by atoms with Crippen LogP contribution in [0.25, 0.3) is 0 Å². The highest BCUT2D eigenvalue weighted by molar-refractivity contribution is 5.79. The zero-order chi connectivity index (χ0) is 11.4. The van der Waals surface area contributed by atoms with Crippen LogP contribution >= 0.6 is 0 Å². The van der Waals surface area contributed by atoms with E-state index >= 15 is 0 Å². The van der Waals surface area contributed by atoms with E-state index < -0.39 is 0 Å². The predicted molar refractivity (Wildman–Crippen MR) is 62.4 cm³/mol. The van der Waals surface area contributed by atoms with Crippen molar-refractivity contribution in [3.63, 3.8) is 0 Å². The minimum Gasteiger partial charge on any atom is -0.274 e. The van der Waals surface area contributed by atoms with E-state index in [1.54, 1.807) is 17.0 Å². The molecule has 1 heterocycles. The van der Waals surface area contributed by atoms with Crippen LogP contribution in [-0.2, 0) is 6.42 Å². The van der Waals surface area contributed by atoms with Gasteiger partial charge in [-0.3, -0.25) is 9.36 Å². The second-order valence-corrected chi connectivity index (χ2v) is 3.72. The number of nitrogens with zero attached hydrogens (tertiary/aromatic N) is 2. The number of aryl methyl sites for hydroxylation is 2.